The second-order valence-electron chi connectivity index (χ2n) is 3.04. The van der Waals surface area contributed by atoms with E-state index in [1.807, 2.05) is 0 Å². The van der Waals surface area contributed by atoms with Gasteiger partial charge in [0.2, 0.25) is 0 Å². The largest absolute Gasteiger partial charge is 0.478 e. The average molecular weight is 235 g/mol. The van der Waals surface area contributed by atoms with Crippen molar-refractivity contribution in [2.45, 2.75) is 0 Å². The van der Waals surface area contributed by atoms with Crippen molar-refractivity contribution in [1.82, 2.24) is 9.97 Å². The lowest BCUT2D eigenvalue weighted by Crippen LogP contribution is -2.02. The van der Waals surface area contributed by atoms with Crippen molar-refractivity contribution in [3.8, 4) is 11.3 Å². The van der Waals surface area contributed by atoms with E-state index in [0.29, 0.717) is 11.3 Å². The van der Waals surface area contributed by atoms with Crippen molar-refractivity contribution >= 4 is 17.6 Å². The molecule has 1 N–H and O–H groups in total. The Hall–Kier alpha value is -1.94. The molecule has 2 aromatic rings. The Labute approximate surface area is 96.6 Å². The number of pyridine rings is 2. The van der Waals surface area contributed by atoms with Crippen LogP contribution in [0, 0.1) is 0 Å². The number of carboxylic acid groups (broad SMARTS) is 1. The normalized spacial score (nSPS) is 10.1. The first kappa shape index (κ1) is 10.6. The SMILES string of the molecule is O=C(O)c1c(-c2ccccn2)ccnc1Cl. The summed E-state index contributed by atoms with van der Waals surface area (Å²) in [5, 5.41) is 9.02. The number of hydrogen-bond acceptors (Lipinski definition) is 3. The Kier molecular flexibility index (Phi) is 2.83. The summed E-state index contributed by atoms with van der Waals surface area (Å²) in [5.41, 5.74) is 1.00. The van der Waals surface area contributed by atoms with E-state index >= 15 is 0 Å². The number of aromatic carboxylic acids is 1. The van der Waals surface area contributed by atoms with Crippen LogP contribution in [-0.2, 0) is 0 Å². The minimum Gasteiger partial charge on any atom is -0.478 e. The number of carboxylic acids is 1. The molecule has 2 rings (SSSR count). The summed E-state index contributed by atoms with van der Waals surface area (Å²) in [6.07, 6.45) is 3.05. The van der Waals surface area contributed by atoms with Gasteiger partial charge in [0.05, 0.1) is 5.69 Å². The fraction of sp³-hybridized carbons (Fsp3) is 0. The molecule has 0 atom stereocenters. The van der Waals surface area contributed by atoms with Gasteiger partial charge < -0.3 is 5.11 Å². The minimum atomic E-state index is -1.11. The van der Waals surface area contributed by atoms with E-state index < -0.39 is 5.97 Å². The highest BCUT2D eigenvalue weighted by atomic mass is 35.5. The molecular formula is C11H7ClN2O2. The summed E-state index contributed by atoms with van der Waals surface area (Å²) < 4.78 is 0. The summed E-state index contributed by atoms with van der Waals surface area (Å²) >= 11 is 5.75. The maximum absolute atomic E-state index is 11.1. The van der Waals surface area contributed by atoms with E-state index in [1.165, 1.54) is 6.20 Å². The molecule has 0 bridgehead atoms. The Morgan fingerprint density at radius 1 is 1.19 bits per heavy atom. The van der Waals surface area contributed by atoms with Crippen LogP contribution in [-0.4, -0.2) is 21.0 Å². The van der Waals surface area contributed by atoms with Crippen molar-refractivity contribution < 1.29 is 9.90 Å². The smallest absolute Gasteiger partial charge is 0.339 e. The second kappa shape index (κ2) is 4.28. The Morgan fingerprint density at radius 3 is 2.62 bits per heavy atom. The third kappa shape index (κ3) is 1.87. The zero-order valence-electron chi connectivity index (χ0n) is 8.09. The number of aromatic nitrogens is 2. The molecule has 0 aliphatic rings. The molecule has 0 aliphatic carbocycles. The first-order chi connectivity index (χ1) is 7.70. The van der Waals surface area contributed by atoms with Crippen LogP contribution in [0.1, 0.15) is 10.4 Å². The zero-order valence-corrected chi connectivity index (χ0v) is 8.85. The van der Waals surface area contributed by atoms with Crippen LogP contribution in [0.15, 0.2) is 36.7 Å². The van der Waals surface area contributed by atoms with Crippen molar-refractivity contribution in [1.29, 1.82) is 0 Å². The molecule has 0 aliphatic heterocycles. The van der Waals surface area contributed by atoms with Crippen molar-refractivity contribution in [3.63, 3.8) is 0 Å². The van der Waals surface area contributed by atoms with E-state index in [-0.39, 0.29) is 10.7 Å². The lowest BCUT2D eigenvalue weighted by Gasteiger charge is -2.05. The van der Waals surface area contributed by atoms with Crippen LogP contribution in [0.3, 0.4) is 0 Å². The monoisotopic (exact) mass is 234 g/mol. The predicted molar refractivity (Wildman–Crippen MR) is 59.4 cm³/mol. The lowest BCUT2D eigenvalue weighted by atomic mass is 10.1. The number of rotatable bonds is 2. The summed E-state index contributed by atoms with van der Waals surface area (Å²) in [7, 11) is 0. The molecule has 0 fully saturated rings. The first-order valence-electron chi connectivity index (χ1n) is 4.49. The number of halogens is 1. The van der Waals surface area contributed by atoms with Gasteiger partial charge in [-0.3, -0.25) is 4.98 Å². The van der Waals surface area contributed by atoms with E-state index in [9.17, 15) is 4.79 Å². The van der Waals surface area contributed by atoms with Gasteiger partial charge in [0.25, 0.3) is 0 Å². The topological polar surface area (TPSA) is 63.1 Å². The van der Waals surface area contributed by atoms with Crippen LogP contribution < -0.4 is 0 Å². The van der Waals surface area contributed by atoms with Gasteiger partial charge in [0, 0.05) is 18.0 Å². The predicted octanol–water partition coefficient (Wildman–Crippen LogP) is 2.50. The maximum atomic E-state index is 11.1. The third-order valence-electron chi connectivity index (χ3n) is 2.06. The number of nitrogens with zero attached hydrogens (tertiary/aromatic N) is 2. The average Bonchev–Trinajstić information content (AvgIpc) is 2.29. The zero-order chi connectivity index (χ0) is 11.5. The fourth-order valence-corrected chi connectivity index (χ4v) is 1.61. The second-order valence-corrected chi connectivity index (χ2v) is 3.40. The summed E-state index contributed by atoms with van der Waals surface area (Å²) in [6, 6.07) is 6.84. The molecule has 2 aromatic heterocycles. The summed E-state index contributed by atoms with van der Waals surface area (Å²) in [5.74, 6) is -1.11. The molecule has 5 heteroatoms. The number of carbonyl (C=O) groups is 1. The van der Waals surface area contributed by atoms with Gasteiger partial charge in [-0.05, 0) is 18.2 Å². The van der Waals surface area contributed by atoms with E-state index in [4.69, 9.17) is 16.7 Å². The minimum absolute atomic E-state index is 0.0251. The van der Waals surface area contributed by atoms with E-state index in [2.05, 4.69) is 9.97 Å². The van der Waals surface area contributed by atoms with Crippen molar-refractivity contribution in [2.24, 2.45) is 0 Å². The van der Waals surface area contributed by atoms with Crippen LogP contribution >= 0.6 is 11.6 Å². The van der Waals surface area contributed by atoms with Gasteiger partial charge >= 0.3 is 5.97 Å². The van der Waals surface area contributed by atoms with Gasteiger partial charge in [0.1, 0.15) is 10.7 Å². The standard InChI is InChI=1S/C11H7ClN2O2/c12-10-9(11(15)16)7(4-6-14-10)8-3-1-2-5-13-8/h1-6H,(H,15,16). The molecule has 0 unspecified atom stereocenters. The molecule has 0 radical (unpaired) electrons. The van der Waals surface area contributed by atoms with Crippen molar-refractivity contribution in [3.05, 3.63) is 47.4 Å². The lowest BCUT2D eigenvalue weighted by molar-refractivity contribution is 0.0697. The Morgan fingerprint density at radius 2 is 2.00 bits per heavy atom. The molecule has 0 spiro atoms. The van der Waals surface area contributed by atoms with Crippen LogP contribution in [0.5, 0.6) is 0 Å². The molecule has 0 amide bonds. The van der Waals surface area contributed by atoms with Gasteiger partial charge in [-0.2, -0.15) is 0 Å². The third-order valence-corrected chi connectivity index (χ3v) is 2.35. The number of hydrogen-bond donors (Lipinski definition) is 1. The quantitative estimate of drug-likeness (QED) is 0.811. The van der Waals surface area contributed by atoms with Gasteiger partial charge in [-0.25, -0.2) is 9.78 Å². The highest BCUT2D eigenvalue weighted by Crippen LogP contribution is 2.25. The molecule has 16 heavy (non-hydrogen) atoms. The highest BCUT2D eigenvalue weighted by molar-refractivity contribution is 6.33. The molecule has 0 saturated heterocycles. The molecular weight excluding hydrogens is 228 g/mol. The Balaban J connectivity index is 2.66. The van der Waals surface area contributed by atoms with Crippen molar-refractivity contribution in [2.75, 3.05) is 0 Å². The van der Waals surface area contributed by atoms with Crippen LogP contribution in [0.4, 0.5) is 0 Å². The molecule has 2 heterocycles. The molecule has 0 saturated carbocycles. The summed E-state index contributed by atoms with van der Waals surface area (Å²) in [6.45, 7) is 0. The van der Waals surface area contributed by atoms with Crippen LogP contribution in [0.25, 0.3) is 11.3 Å². The Bertz CT molecular complexity index is 529. The van der Waals surface area contributed by atoms with Gasteiger partial charge in [-0.1, -0.05) is 17.7 Å². The molecule has 4 nitrogen and oxygen atoms in total. The van der Waals surface area contributed by atoms with E-state index in [0.717, 1.165) is 0 Å². The maximum Gasteiger partial charge on any atom is 0.339 e. The fourth-order valence-electron chi connectivity index (χ4n) is 1.38. The van der Waals surface area contributed by atoms with Crippen LogP contribution in [0.2, 0.25) is 5.15 Å². The van der Waals surface area contributed by atoms with E-state index in [1.54, 1.807) is 30.5 Å². The van der Waals surface area contributed by atoms with Gasteiger partial charge in [-0.15, -0.1) is 0 Å². The first-order valence-corrected chi connectivity index (χ1v) is 4.87. The highest BCUT2D eigenvalue weighted by Gasteiger charge is 2.16. The summed E-state index contributed by atoms with van der Waals surface area (Å²) in [4.78, 5) is 18.9. The molecule has 0 aromatic carbocycles. The molecule has 80 valence electrons. The van der Waals surface area contributed by atoms with Gasteiger partial charge in [0.15, 0.2) is 0 Å².